The van der Waals surface area contributed by atoms with Crippen LogP contribution >= 0.6 is 27.5 Å². The summed E-state index contributed by atoms with van der Waals surface area (Å²) in [5.41, 5.74) is 1.37. The number of nitrogens with one attached hydrogen (secondary N) is 1. The van der Waals surface area contributed by atoms with Crippen LogP contribution in [-0.4, -0.2) is 16.0 Å². The highest BCUT2D eigenvalue weighted by Gasteiger charge is 2.38. The van der Waals surface area contributed by atoms with Crippen LogP contribution in [0, 0.1) is 0 Å². The fraction of sp³-hybridized carbons (Fsp3) is 0.231. The van der Waals surface area contributed by atoms with Crippen LogP contribution in [0.25, 0.3) is 0 Å². The highest BCUT2D eigenvalue weighted by molar-refractivity contribution is 9.10. The molecule has 18 heavy (non-hydrogen) atoms. The summed E-state index contributed by atoms with van der Waals surface area (Å²) in [5, 5.41) is 3.65. The quantitative estimate of drug-likeness (QED) is 0.871. The van der Waals surface area contributed by atoms with Crippen molar-refractivity contribution in [3.05, 3.63) is 51.8 Å². The maximum absolute atomic E-state index is 5.79. The van der Waals surface area contributed by atoms with Gasteiger partial charge in [-0.2, -0.15) is 4.98 Å². The lowest BCUT2D eigenvalue weighted by Crippen LogP contribution is -2.07. The Morgan fingerprint density at radius 3 is 2.83 bits per heavy atom. The minimum atomic E-state index is 0.262. The first-order chi connectivity index (χ1) is 8.74. The zero-order valence-electron chi connectivity index (χ0n) is 9.48. The highest BCUT2D eigenvalue weighted by atomic mass is 79.9. The highest BCUT2D eigenvalue weighted by Crippen LogP contribution is 2.43. The second-order valence-corrected chi connectivity index (χ2v) is 5.53. The molecule has 1 saturated carbocycles. The molecule has 2 unspecified atom stereocenters. The van der Waals surface area contributed by atoms with Gasteiger partial charge in [-0.3, -0.25) is 0 Å². The molecular weight excluding hydrogens is 314 g/mol. The largest absolute Gasteiger partial charge is 0.366 e. The molecule has 1 N–H and O–H groups in total. The third-order valence-electron chi connectivity index (χ3n) is 3.05. The van der Waals surface area contributed by atoms with Gasteiger partial charge in [0, 0.05) is 18.2 Å². The number of aromatic nitrogens is 2. The van der Waals surface area contributed by atoms with Gasteiger partial charge < -0.3 is 5.32 Å². The maximum Gasteiger partial charge on any atom is 0.224 e. The first-order valence-corrected chi connectivity index (χ1v) is 6.90. The molecule has 5 heteroatoms. The predicted molar refractivity (Wildman–Crippen MR) is 76.0 cm³/mol. The Bertz CT molecular complexity index is 561. The molecule has 1 aliphatic carbocycles. The average Bonchev–Trinajstić information content (AvgIpc) is 3.14. The lowest BCUT2D eigenvalue weighted by molar-refractivity contribution is 1.02. The number of benzene rings is 1. The van der Waals surface area contributed by atoms with Gasteiger partial charge in [0.25, 0.3) is 0 Å². The summed E-state index contributed by atoms with van der Waals surface area (Å²) in [6.45, 7) is 0. The van der Waals surface area contributed by atoms with Crippen LogP contribution < -0.4 is 5.32 Å². The fourth-order valence-corrected chi connectivity index (χ4v) is 2.48. The molecule has 1 aromatic heterocycles. The van der Waals surface area contributed by atoms with Crippen molar-refractivity contribution in [1.82, 2.24) is 9.97 Å². The van der Waals surface area contributed by atoms with Gasteiger partial charge in [-0.05, 0) is 39.5 Å². The topological polar surface area (TPSA) is 37.8 Å². The molecule has 2 aromatic rings. The van der Waals surface area contributed by atoms with E-state index >= 15 is 0 Å². The van der Waals surface area contributed by atoms with E-state index in [4.69, 9.17) is 11.6 Å². The number of anilines is 1. The molecule has 1 fully saturated rings. The fourth-order valence-electron chi connectivity index (χ4n) is 2.05. The standard InChI is InChI=1S/C13H11BrClN3/c14-10-7-16-13(15)18-12(10)17-11-6-9(11)8-4-2-1-3-5-8/h1-5,7,9,11H,6H2,(H,16,17,18). The van der Waals surface area contributed by atoms with Gasteiger partial charge >= 0.3 is 0 Å². The van der Waals surface area contributed by atoms with E-state index in [0.29, 0.717) is 12.0 Å². The van der Waals surface area contributed by atoms with E-state index in [1.54, 1.807) is 6.20 Å². The molecule has 2 atom stereocenters. The van der Waals surface area contributed by atoms with Crippen molar-refractivity contribution < 1.29 is 0 Å². The van der Waals surface area contributed by atoms with Crippen molar-refractivity contribution in [2.75, 3.05) is 5.32 Å². The van der Waals surface area contributed by atoms with Gasteiger partial charge in [0.15, 0.2) is 0 Å². The maximum atomic E-state index is 5.79. The second kappa shape index (κ2) is 4.86. The molecule has 92 valence electrons. The third-order valence-corrected chi connectivity index (χ3v) is 3.82. The summed E-state index contributed by atoms with van der Waals surface area (Å²) >= 11 is 9.21. The molecule has 1 aliphatic rings. The van der Waals surface area contributed by atoms with Crippen LogP contribution in [0.15, 0.2) is 41.0 Å². The number of nitrogens with zero attached hydrogens (tertiary/aromatic N) is 2. The molecule has 0 spiro atoms. The van der Waals surface area contributed by atoms with Crippen molar-refractivity contribution >= 4 is 33.3 Å². The van der Waals surface area contributed by atoms with Gasteiger partial charge in [0.2, 0.25) is 5.28 Å². The Labute approximate surface area is 119 Å². The molecule has 1 aromatic carbocycles. The van der Waals surface area contributed by atoms with Crippen molar-refractivity contribution in [1.29, 1.82) is 0 Å². The van der Waals surface area contributed by atoms with Gasteiger partial charge in [0.1, 0.15) is 5.82 Å². The molecular formula is C13H11BrClN3. The van der Waals surface area contributed by atoms with E-state index in [-0.39, 0.29) is 5.28 Å². The van der Waals surface area contributed by atoms with E-state index in [2.05, 4.69) is 55.5 Å². The van der Waals surface area contributed by atoms with Crippen LogP contribution in [0.5, 0.6) is 0 Å². The third kappa shape index (κ3) is 2.49. The van der Waals surface area contributed by atoms with E-state index in [1.165, 1.54) is 5.56 Å². The van der Waals surface area contributed by atoms with E-state index in [0.717, 1.165) is 16.7 Å². The van der Waals surface area contributed by atoms with E-state index in [1.807, 2.05) is 6.07 Å². The summed E-state index contributed by atoms with van der Waals surface area (Å²) < 4.78 is 0.839. The minimum Gasteiger partial charge on any atom is -0.366 e. The first-order valence-electron chi connectivity index (χ1n) is 5.73. The van der Waals surface area contributed by atoms with Crippen LogP contribution in [0.1, 0.15) is 17.9 Å². The van der Waals surface area contributed by atoms with Gasteiger partial charge in [-0.25, -0.2) is 4.98 Å². The Balaban J connectivity index is 1.71. The lowest BCUT2D eigenvalue weighted by atomic mass is 10.1. The summed E-state index contributed by atoms with van der Waals surface area (Å²) in [4.78, 5) is 8.09. The molecule has 0 saturated heterocycles. The number of halogens is 2. The molecule has 3 nitrogen and oxygen atoms in total. The Hall–Kier alpha value is -1.13. The summed E-state index contributed by atoms with van der Waals surface area (Å²) in [6.07, 6.45) is 2.79. The molecule has 0 radical (unpaired) electrons. The van der Waals surface area contributed by atoms with Gasteiger partial charge in [-0.15, -0.1) is 0 Å². The average molecular weight is 325 g/mol. The SMILES string of the molecule is Clc1ncc(Br)c(NC2CC2c2ccccc2)n1. The Morgan fingerprint density at radius 1 is 1.28 bits per heavy atom. The number of rotatable bonds is 3. The molecule has 0 aliphatic heterocycles. The molecule has 0 amide bonds. The second-order valence-electron chi connectivity index (χ2n) is 4.34. The molecule has 1 heterocycles. The van der Waals surface area contributed by atoms with Crippen molar-refractivity contribution in [3.63, 3.8) is 0 Å². The monoisotopic (exact) mass is 323 g/mol. The van der Waals surface area contributed by atoms with Gasteiger partial charge in [-0.1, -0.05) is 30.3 Å². The minimum absolute atomic E-state index is 0.262. The number of hydrogen-bond donors (Lipinski definition) is 1. The zero-order valence-corrected chi connectivity index (χ0v) is 11.8. The predicted octanol–water partition coefficient (Wildman–Crippen LogP) is 3.86. The zero-order chi connectivity index (χ0) is 12.5. The van der Waals surface area contributed by atoms with Gasteiger partial charge in [0.05, 0.1) is 4.47 Å². The van der Waals surface area contributed by atoms with E-state index < -0.39 is 0 Å². The van der Waals surface area contributed by atoms with Crippen LogP contribution in [-0.2, 0) is 0 Å². The Kier molecular flexibility index (Phi) is 3.22. The van der Waals surface area contributed by atoms with Crippen molar-refractivity contribution in [3.8, 4) is 0 Å². The van der Waals surface area contributed by atoms with Crippen LogP contribution in [0.2, 0.25) is 5.28 Å². The lowest BCUT2D eigenvalue weighted by Gasteiger charge is -2.07. The van der Waals surface area contributed by atoms with Crippen LogP contribution in [0.4, 0.5) is 5.82 Å². The molecule has 3 rings (SSSR count). The summed E-state index contributed by atoms with van der Waals surface area (Å²) in [7, 11) is 0. The van der Waals surface area contributed by atoms with Crippen LogP contribution in [0.3, 0.4) is 0 Å². The summed E-state index contributed by atoms with van der Waals surface area (Å²) in [5.74, 6) is 1.32. The smallest absolute Gasteiger partial charge is 0.224 e. The normalized spacial score (nSPS) is 21.7. The summed E-state index contributed by atoms with van der Waals surface area (Å²) in [6, 6.07) is 10.9. The molecule has 0 bridgehead atoms. The van der Waals surface area contributed by atoms with Crippen molar-refractivity contribution in [2.45, 2.75) is 18.4 Å². The number of hydrogen-bond acceptors (Lipinski definition) is 3. The first kappa shape index (κ1) is 11.9. The van der Waals surface area contributed by atoms with E-state index in [9.17, 15) is 0 Å². The Morgan fingerprint density at radius 2 is 2.06 bits per heavy atom. The van der Waals surface area contributed by atoms with Crippen molar-refractivity contribution in [2.24, 2.45) is 0 Å².